The molecule has 0 N–H and O–H groups in total. The minimum absolute atomic E-state index is 1.54. The van der Waals surface area contributed by atoms with Crippen molar-refractivity contribution in [1.82, 2.24) is 0 Å². The van der Waals surface area contributed by atoms with Crippen molar-refractivity contribution in [2.24, 2.45) is 0 Å². The van der Waals surface area contributed by atoms with Crippen LogP contribution in [-0.2, 0) is 28.8 Å². The molecule has 0 radical (unpaired) electrons. The molecule has 0 fully saturated rings. The summed E-state index contributed by atoms with van der Waals surface area (Å²) in [6, 6.07) is 0. The van der Waals surface area contributed by atoms with Crippen molar-refractivity contribution in [2.75, 3.05) is 0 Å². The molecule has 0 unspecified atom stereocenters. The third kappa shape index (κ3) is 5.23. The predicted octanol–water partition coefficient (Wildman–Crippen LogP) is -1.02. The molecule has 0 aromatic carbocycles. The van der Waals surface area contributed by atoms with E-state index in [2.05, 4.69) is 19.8 Å². The maximum Gasteiger partial charge on any atom is 0.345 e. The quantitative estimate of drug-likeness (QED) is 0.421. The molecule has 0 aliphatic heterocycles. The van der Waals surface area contributed by atoms with Crippen LogP contribution in [0.5, 0.6) is 0 Å². The van der Waals surface area contributed by atoms with Crippen molar-refractivity contribution in [1.29, 1.82) is 0 Å². The summed E-state index contributed by atoms with van der Waals surface area (Å²) in [6.45, 7) is 0. The topological polar surface area (TPSA) is 122 Å². The zero-order chi connectivity index (χ0) is 9.07. The van der Waals surface area contributed by atoms with Gasteiger partial charge in [-0.15, -0.1) is 20.2 Å². The second kappa shape index (κ2) is 3.25. The maximum atomic E-state index is 10.3. The van der Waals surface area contributed by atoms with Gasteiger partial charge >= 0.3 is 19.2 Å². The predicted molar refractivity (Wildman–Crippen MR) is 31.7 cm³/mol. The maximum absolute atomic E-state index is 10.3. The molecule has 11 heavy (non-hydrogen) atoms. The number of rotatable bonds is 4. The first-order valence-corrected chi connectivity index (χ1v) is 4.10. The zero-order valence-corrected chi connectivity index (χ0v) is 6.20. The lowest BCUT2D eigenvalue weighted by Crippen LogP contribution is -2.16. The first-order valence-electron chi connectivity index (χ1n) is 1.76. The van der Waals surface area contributed by atoms with Crippen LogP contribution in [-0.4, -0.2) is 14.4 Å². The van der Waals surface area contributed by atoms with Crippen LogP contribution in [0.3, 0.4) is 0 Å². The third-order valence-electron chi connectivity index (χ3n) is 0.304. The van der Waals surface area contributed by atoms with Crippen LogP contribution in [0.4, 0.5) is 0 Å². The van der Waals surface area contributed by atoms with Gasteiger partial charge in [-0.2, -0.15) is 8.57 Å². The molecule has 0 spiro atoms. The lowest BCUT2D eigenvalue weighted by atomic mass is 13.1. The SMILES string of the molecule is O=[N+]([O-])OS(=O)(=S)O[N+](=O)[O-]. The van der Waals surface area contributed by atoms with Gasteiger partial charge in [0.25, 0.3) is 0 Å². The summed E-state index contributed by atoms with van der Waals surface area (Å²) in [4.78, 5) is 18.9. The van der Waals surface area contributed by atoms with Crippen LogP contribution in [0.1, 0.15) is 0 Å². The summed E-state index contributed by atoms with van der Waals surface area (Å²) < 4.78 is 16.6. The summed E-state index contributed by atoms with van der Waals surface area (Å²) in [7, 11) is -4.34. The van der Waals surface area contributed by atoms with E-state index in [-0.39, 0.29) is 0 Å². The summed E-state index contributed by atoms with van der Waals surface area (Å²) in [5.74, 6) is 0. The second-order valence-electron chi connectivity index (χ2n) is 1.00. The average molecular weight is 204 g/mol. The monoisotopic (exact) mass is 204 g/mol. The van der Waals surface area contributed by atoms with Crippen molar-refractivity contribution in [2.45, 2.75) is 0 Å². The molecule has 0 saturated heterocycles. The molecule has 0 aromatic rings. The lowest BCUT2D eigenvalue weighted by Gasteiger charge is -1.97. The molecule has 0 aliphatic carbocycles. The molecule has 0 rings (SSSR count). The Morgan fingerprint density at radius 2 is 1.45 bits per heavy atom. The van der Waals surface area contributed by atoms with E-state index < -0.39 is 19.2 Å². The summed E-state index contributed by atoms with van der Waals surface area (Å²) in [5, 5.41) is 15.8. The molecule has 0 amide bonds. The van der Waals surface area contributed by atoms with Crippen molar-refractivity contribution in [3.05, 3.63) is 20.2 Å². The van der Waals surface area contributed by atoms with Gasteiger partial charge in [0.2, 0.25) is 0 Å². The van der Waals surface area contributed by atoms with E-state index in [0.717, 1.165) is 0 Å². The minimum atomic E-state index is -4.34. The standard InChI is InChI=1S/N2O7S2/c3-1(4)8-11(7,10)9-2(5)6. The van der Waals surface area contributed by atoms with E-state index in [1.165, 1.54) is 0 Å². The Morgan fingerprint density at radius 1 is 1.18 bits per heavy atom. The van der Waals surface area contributed by atoms with Crippen molar-refractivity contribution < 1.29 is 22.9 Å². The number of hydrogen-bond donors (Lipinski definition) is 0. The van der Waals surface area contributed by atoms with Gasteiger partial charge in [0.05, 0.1) is 0 Å². The Bertz CT molecular complexity index is 240. The number of hydrogen-bond acceptors (Lipinski definition) is 8. The largest absolute Gasteiger partial charge is 0.345 e. The van der Waals surface area contributed by atoms with Crippen molar-refractivity contribution >= 4 is 20.2 Å². The highest BCUT2D eigenvalue weighted by molar-refractivity contribution is 8.27. The fraction of sp³-hybridized carbons (Fsp3) is 0. The van der Waals surface area contributed by atoms with Crippen LogP contribution in [0.15, 0.2) is 0 Å². The van der Waals surface area contributed by atoms with Gasteiger partial charge in [-0.1, -0.05) is 0 Å². The van der Waals surface area contributed by atoms with E-state index >= 15 is 0 Å². The van der Waals surface area contributed by atoms with Gasteiger partial charge in [0.15, 0.2) is 0 Å². The van der Waals surface area contributed by atoms with Gasteiger partial charge < -0.3 is 0 Å². The molecule has 0 aliphatic rings. The van der Waals surface area contributed by atoms with E-state index in [1.807, 2.05) is 0 Å². The molecule has 0 heterocycles. The first-order chi connectivity index (χ1) is 4.83. The first kappa shape index (κ1) is 9.77. The molecule has 0 aromatic heterocycles. The van der Waals surface area contributed by atoms with Gasteiger partial charge in [0, 0.05) is 11.2 Å². The lowest BCUT2D eigenvalue weighted by molar-refractivity contribution is -0.742. The normalized spacial score (nSPS) is 10.2. The highest BCUT2D eigenvalue weighted by atomic mass is 32.9. The number of nitrogens with zero attached hydrogens (tertiary/aromatic N) is 2. The van der Waals surface area contributed by atoms with E-state index in [0.29, 0.717) is 0 Å². The van der Waals surface area contributed by atoms with Gasteiger partial charge in [-0.25, -0.2) is 4.21 Å². The second-order valence-corrected chi connectivity index (χ2v) is 3.34. The Hall–Kier alpha value is -1.23. The van der Waals surface area contributed by atoms with Crippen LogP contribution in [0, 0.1) is 20.2 Å². The van der Waals surface area contributed by atoms with Crippen LogP contribution in [0.25, 0.3) is 0 Å². The fourth-order valence-corrected chi connectivity index (χ4v) is 0.786. The van der Waals surface area contributed by atoms with Gasteiger partial charge in [0.1, 0.15) is 0 Å². The smallest absolute Gasteiger partial charge is 0.202 e. The minimum Gasteiger partial charge on any atom is -0.202 e. The highest BCUT2D eigenvalue weighted by Crippen LogP contribution is 1.95. The highest BCUT2D eigenvalue weighted by Gasteiger charge is 2.15. The molecule has 64 valence electrons. The van der Waals surface area contributed by atoms with Crippen LogP contribution < -0.4 is 0 Å². The Morgan fingerprint density at radius 3 is 1.64 bits per heavy atom. The zero-order valence-electron chi connectivity index (χ0n) is 4.57. The van der Waals surface area contributed by atoms with E-state index in [9.17, 15) is 24.4 Å². The Kier molecular flexibility index (Phi) is 2.88. The van der Waals surface area contributed by atoms with Crippen LogP contribution in [0.2, 0.25) is 0 Å². The molecule has 0 atom stereocenters. The molecule has 0 bridgehead atoms. The average Bonchev–Trinajstić information content (AvgIpc) is 1.53. The summed E-state index contributed by atoms with van der Waals surface area (Å²) >= 11 is 3.70. The molecular formula is N2O7S2. The Labute approximate surface area is 64.2 Å². The van der Waals surface area contributed by atoms with Crippen molar-refractivity contribution in [3.8, 4) is 0 Å². The molecule has 11 heteroatoms. The molecule has 9 nitrogen and oxygen atoms in total. The summed E-state index contributed by atoms with van der Waals surface area (Å²) in [5.41, 5.74) is 0. The van der Waals surface area contributed by atoms with E-state index in [4.69, 9.17) is 0 Å². The summed E-state index contributed by atoms with van der Waals surface area (Å²) in [6.07, 6.45) is 0. The fourth-order valence-electron chi connectivity index (χ4n) is 0.163. The van der Waals surface area contributed by atoms with Gasteiger partial charge in [-0.05, 0) is 0 Å². The molecular weight excluding hydrogens is 204 g/mol. The van der Waals surface area contributed by atoms with Crippen LogP contribution >= 0.6 is 0 Å². The third-order valence-corrected chi connectivity index (χ3v) is 1.28. The van der Waals surface area contributed by atoms with E-state index in [1.54, 1.807) is 0 Å². The molecule has 0 saturated carbocycles. The Balaban J connectivity index is 4.25. The van der Waals surface area contributed by atoms with Crippen molar-refractivity contribution in [3.63, 3.8) is 0 Å². The van der Waals surface area contributed by atoms with Gasteiger partial charge in [-0.3, -0.25) is 0 Å².